The Kier molecular flexibility index (Phi) is 4.05. The van der Waals surface area contributed by atoms with Crippen molar-refractivity contribution in [3.63, 3.8) is 0 Å². The van der Waals surface area contributed by atoms with Crippen molar-refractivity contribution in [2.75, 3.05) is 18.4 Å². The number of hydrogen-bond donors (Lipinski definition) is 1. The molecule has 1 amide bonds. The number of amides is 1. The Balaban J connectivity index is 1.58. The molecule has 1 atom stereocenters. The topological polar surface area (TPSA) is 41.6 Å². The van der Waals surface area contributed by atoms with Crippen LogP contribution in [-0.4, -0.2) is 30.4 Å². The van der Waals surface area contributed by atoms with Crippen LogP contribution < -0.4 is 10.1 Å². The Hall–Kier alpha value is -2.49. The maximum Gasteiger partial charge on any atom is 0.209 e. The molecular formula is C17H18N2O2. The summed E-state index contributed by atoms with van der Waals surface area (Å²) < 4.78 is 5.76. The molecule has 0 aliphatic carbocycles. The highest BCUT2D eigenvalue weighted by Gasteiger charge is 2.20. The van der Waals surface area contributed by atoms with E-state index in [4.69, 9.17) is 4.74 Å². The second-order valence-corrected chi connectivity index (χ2v) is 5.17. The minimum Gasteiger partial charge on any atom is -0.457 e. The molecule has 2 aromatic carbocycles. The predicted molar refractivity (Wildman–Crippen MR) is 82.6 cm³/mol. The lowest BCUT2D eigenvalue weighted by atomic mass is 10.2. The third-order valence-corrected chi connectivity index (χ3v) is 3.57. The van der Waals surface area contributed by atoms with E-state index in [1.807, 2.05) is 54.6 Å². The first-order valence-electron chi connectivity index (χ1n) is 7.12. The van der Waals surface area contributed by atoms with E-state index in [9.17, 15) is 4.79 Å². The molecule has 1 heterocycles. The summed E-state index contributed by atoms with van der Waals surface area (Å²) in [5, 5.41) is 3.44. The van der Waals surface area contributed by atoms with Gasteiger partial charge in [-0.05, 0) is 42.8 Å². The molecule has 3 rings (SSSR count). The van der Waals surface area contributed by atoms with E-state index >= 15 is 0 Å². The number of likely N-dealkylation sites (tertiary alicyclic amines) is 1. The molecule has 0 aromatic heterocycles. The highest BCUT2D eigenvalue weighted by Crippen LogP contribution is 2.23. The van der Waals surface area contributed by atoms with Gasteiger partial charge in [0.2, 0.25) is 6.41 Å². The number of nitrogens with one attached hydrogen (secondary N) is 1. The van der Waals surface area contributed by atoms with Crippen LogP contribution in [0.15, 0.2) is 54.6 Å². The van der Waals surface area contributed by atoms with Crippen molar-refractivity contribution in [3.8, 4) is 11.5 Å². The number of ether oxygens (including phenoxy) is 1. The Morgan fingerprint density at radius 1 is 1.05 bits per heavy atom. The molecule has 1 saturated heterocycles. The van der Waals surface area contributed by atoms with Crippen LogP contribution in [0.5, 0.6) is 11.5 Å². The predicted octanol–water partition coefficient (Wildman–Crippen LogP) is 3.12. The molecule has 4 heteroatoms. The molecule has 1 unspecified atom stereocenters. The molecule has 1 N–H and O–H groups in total. The van der Waals surface area contributed by atoms with Crippen molar-refractivity contribution >= 4 is 12.1 Å². The van der Waals surface area contributed by atoms with Gasteiger partial charge in [0, 0.05) is 24.8 Å². The first-order valence-corrected chi connectivity index (χ1v) is 7.12. The van der Waals surface area contributed by atoms with Crippen LogP contribution in [0.1, 0.15) is 6.42 Å². The van der Waals surface area contributed by atoms with Crippen molar-refractivity contribution in [1.29, 1.82) is 0 Å². The standard InChI is InChI=1S/C17H18N2O2/c20-13-19-11-10-15(12-19)18-14-6-8-17(9-7-14)21-16-4-2-1-3-5-16/h1-9,13,15,18H,10-12H2. The van der Waals surface area contributed by atoms with Gasteiger partial charge in [0.05, 0.1) is 0 Å². The van der Waals surface area contributed by atoms with Crippen LogP contribution in [0.4, 0.5) is 5.69 Å². The summed E-state index contributed by atoms with van der Waals surface area (Å²) in [6.07, 6.45) is 1.90. The fraction of sp³-hybridized carbons (Fsp3) is 0.235. The largest absolute Gasteiger partial charge is 0.457 e. The summed E-state index contributed by atoms with van der Waals surface area (Å²) in [5.41, 5.74) is 1.05. The summed E-state index contributed by atoms with van der Waals surface area (Å²) in [6.45, 7) is 1.60. The van der Waals surface area contributed by atoms with Gasteiger partial charge in [-0.15, -0.1) is 0 Å². The summed E-state index contributed by atoms with van der Waals surface area (Å²) in [5.74, 6) is 1.64. The normalized spacial score (nSPS) is 17.5. The van der Waals surface area contributed by atoms with Crippen LogP contribution in [0.3, 0.4) is 0 Å². The number of rotatable bonds is 5. The molecular weight excluding hydrogens is 264 g/mol. The maximum absolute atomic E-state index is 10.7. The molecule has 0 radical (unpaired) electrons. The van der Waals surface area contributed by atoms with Gasteiger partial charge in [-0.3, -0.25) is 4.79 Å². The Morgan fingerprint density at radius 2 is 1.76 bits per heavy atom. The summed E-state index contributed by atoms with van der Waals surface area (Å²) in [7, 11) is 0. The Bertz CT molecular complexity index is 583. The molecule has 2 aromatic rings. The summed E-state index contributed by atoms with van der Waals surface area (Å²) >= 11 is 0. The maximum atomic E-state index is 10.7. The molecule has 0 bridgehead atoms. The van der Waals surface area contributed by atoms with E-state index in [0.29, 0.717) is 6.04 Å². The number of carbonyl (C=O) groups is 1. The van der Waals surface area contributed by atoms with Crippen LogP contribution in [0.25, 0.3) is 0 Å². The van der Waals surface area contributed by atoms with Gasteiger partial charge in [0.15, 0.2) is 0 Å². The number of benzene rings is 2. The summed E-state index contributed by atoms with van der Waals surface area (Å²) in [6, 6.07) is 17.9. The smallest absolute Gasteiger partial charge is 0.209 e. The molecule has 1 aliphatic heterocycles. The lowest BCUT2D eigenvalue weighted by Crippen LogP contribution is -2.25. The van der Waals surface area contributed by atoms with Gasteiger partial charge >= 0.3 is 0 Å². The van der Waals surface area contributed by atoms with Gasteiger partial charge in [-0.2, -0.15) is 0 Å². The first-order chi connectivity index (χ1) is 10.3. The van der Waals surface area contributed by atoms with Crippen LogP contribution in [-0.2, 0) is 4.79 Å². The van der Waals surface area contributed by atoms with Crippen molar-refractivity contribution in [1.82, 2.24) is 4.90 Å². The van der Waals surface area contributed by atoms with Crippen molar-refractivity contribution in [3.05, 3.63) is 54.6 Å². The van der Waals surface area contributed by atoms with E-state index in [1.165, 1.54) is 0 Å². The SMILES string of the molecule is O=CN1CCC(Nc2ccc(Oc3ccccc3)cc2)C1. The monoisotopic (exact) mass is 282 g/mol. The van der Waals surface area contributed by atoms with Crippen LogP contribution in [0.2, 0.25) is 0 Å². The zero-order chi connectivity index (χ0) is 14.5. The number of anilines is 1. The quantitative estimate of drug-likeness (QED) is 0.857. The van der Waals surface area contributed by atoms with E-state index in [1.54, 1.807) is 4.90 Å². The first kappa shape index (κ1) is 13.5. The van der Waals surface area contributed by atoms with Crippen LogP contribution >= 0.6 is 0 Å². The van der Waals surface area contributed by atoms with Crippen molar-refractivity contribution < 1.29 is 9.53 Å². The van der Waals surface area contributed by atoms with E-state index in [-0.39, 0.29) is 0 Å². The number of carbonyl (C=O) groups excluding carboxylic acids is 1. The average molecular weight is 282 g/mol. The lowest BCUT2D eigenvalue weighted by molar-refractivity contribution is -0.117. The van der Waals surface area contributed by atoms with Gasteiger partial charge in [0.1, 0.15) is 11.5 Å². The molecule has 1 aliphatic rings. The van der Waals surface area contributed by atoms with E-state index in [2.05, 4.69) is 5.32 Å². The molecule has 108 valence electrons. The molecule has 21 heavy (non-hydrogen) atoms. The molecule has 0 spiro atoms. The van der Waals surface area contributed by atoms with Crippen molar-refractivity contribution in [2.24, 2.45) is 0 Å². The van der Waals surface area contributed by atoms with Gasteiger partial charge in [-0.25, -0.2) is 0 Å². The number of hydrogen-bond acceptors (Lipinski definition) is 3. The third-order valence-electron chi connectivity index (χ3n) is 3.57. The zero-order valence-corrected chi connectivity index (χ0v) is 11.7. The Morgan fingerprint density at radius 3 is 2.43 bits per heavy atom. The highest BCUT2D eigenvalue weighted by atomic mass is 16.5. The van der Waals surface area contributed by atoms with E-state index < -0.39 is 0 Å². The summed E-state index contributed by atoms with van der Waals surface area (Å²) in [4.78, 5) is 12.5. The molecule has 0 saturated carbocycles. The fourth-order valence-electron chi connectivity index (χ4n) is 2.48. The third kappa shape index (κ3) is 3.54. The van der Waals surface area contributed by atoms with Gasteiger partial charge < -0.3 is 15.0 Å². The second kappa shape index (κ2) is 6.31. The van der Waals surface area contributed by atoms with E-state index in [0.717, 1.165) is 43.1 Å². The number of para-hydroxylation sites is 1. The molecule has 4 nitrogen and oxygen atoms in total. The second-order valence-electron chi connectivity index (χ2n) is 5.17. The lowest BCUT2D eigenvalue weighted by Gasteiger charge is -2.14. The Labute approximate surface area is 124 Å². The van der Waals surface area contributed by atoms with Crippen LogP contribution in [0, 0.1) is 0 Å². The van der Waals surface area contributed by atoms with Gasteiger partial charge in [-0.1, -0.05) is 18.2 Å². The van der Waals surface area contributed by atoms with Crippen molar-refractivity contribution in [2.45, 2.75) is 12.5 Å². The van der Waals surface area contributed by atoms with Gasteiger partial charge in [0.25, 0.3) is 0 Å². The minimum atomic E-state index is 0.330. The minimum absolute atomic E-state index is 0.330. The molecule has 1 fully saturated rings. The fourth-order valence-corrected chi connectivity index (χ4v) is 2.48. The average Bonchev–Trinajstić information content (AvgIpc) is 2.98. The highest BCUT2D eigenvalue weighted by molar-refractivity contribution is 5.51. The zero-order valence-electron chi connectivity index (χ0n) is 11.7. The number of nitrogens with zero attached hydrogens (tertiary/aromatic N) is 1.